The van der Waals surface area contributed by atoms with Crippen molar-refractivity contribution >= 4 is 18.3 Å². The number of nitrogen functional groups attached to an aromatic ring is 1. The average molecular weight is 259 g/mol. The Hall–Kier alpha value is -0.995. The lowest BCUT2D eigenvalue weighted by atomic mass is 9.75. The minimum atomic E-state index is -0.287. The molecule has 0 spiro atoms. The van der Waals surface area contributed by atoms with E-state index in [9.17, 15) is 0 Å². The van der Waals surface area contributed by atoms with E-state index in [2.05, 4.69) is 33.8 Å². The summed E-state index contributed by atoms with van der Waals surface area (Å²) in [6.07, 6.45) is 3.34. The maximum absolute atomic E-state index is 6.15. The summed E-state index contributed by atoms with van der Waals surface area (Å²) in [6.45, 7) is 8.35. The Bertz CT molecular complexity index is 509. The van der Waals surface area contributed by atoms with Gasteiger partial charge in [-0.05, 0) is 69.6 Å². The van der Waals surface area contributed by atoms with Crippen LogP contribution < -0.4 is 11.2 Å². The summed E-state index contributed by atoms with van der Waals surface area (Å²) in [4.78, 5) is 0. The molecule has 1 heterocycles. The maximum Gasteiger partial charge on any atom is 0.495 e. The van der Waals surface area contributed by atoms with Crippen molar-refractivity contribution in [1.82, 2.24) is 0 Å². The van der Waals surface area contributed by atoms with E-state index in [1.807, 2.05) is 6.07 Å². The van der Waals surface area contributed by atoms with Crippen molar-refractivity contribution in [1.29, 1.82) is 0 Å². The summed E-state index contributed by atoms with van der Waals surface area (Å²) < 4.78 is 12.3. The second-order valence-corrected chi connectivity index (χ2v) is 6.64. The Labute approximate surface area is 115 Å². The summed E-state index contributed by atoms with van der Waals surface area (Å²) in [5, 5.41) is 0. The fourth-order valence-electron chi connectivity index (χ4n) is 2.95. The first-order chi connectivity index (χ1) is 8.82. The lowest BCUT2D eigenvalue weighted by Gasteiger charge is -2.32. The Morgan fingerprint density at radius 3 is 2.21 bits per heavy atom. The number of hydrogen-bond donors (Lipinski definition) is 1. The quantitative estimate of drug-likeness (QED) is 0.620. The highest BCUT2D eigenvalue weighted by Crippen LogP contribution is 2.37. The van der Waals surface area contributed by atoms with Crippen molar-refractivity contribution in [3.8, 4) is 0 Å². The van der Waals surface area contributed by atoms with Crippen molar-refractivity contribution in [2.75, 3.05) is 5.73 Å². The molecule has 1 saturated heterocycles. The minimum Gasteiger partial charge on any atom is -0.399 e. The minimum absolute atomic E-state index is 0.266. The van der Waals surface area contributed by atoms with Gasteiger partial charge in [-0.2, -0.15) is 0 Å². The number of anilines is 1. The maximum atomic E-state index is 6.15. The molecule has 0 radical (unpaired) electrons. The van der Waals surface area contributed by atoms with Gasteiger partial charge in [0.05, 0.1) is 11.2 Å². The van der Waals surface area contributed by atoms with Gasteiger partial charge in [0.15, 0.2) is 0 Å². The van der Waals surface area contributed by atoms with Crippen LogP contribution in [0.3, 0.4) is 0 Å². The van der Waals surface area contributed by atoms with Gasteiger partial charge in [-0.1, -0.05) is 6.07 Å². The van der Waals surface area contributed by atoms with Crippen LogP contribution in [0.4, 0.5) is 5.69 Å². The van der Waals surface area contributed by atoms with E-state index >= 15 is 0 Å². The molecule has 1 aliphatic carbocycles. The van der Waals surface area contributed by atoms with E-state index in [1.165, 1.54) is 23.0 Å². The van der Waals surface area contributed by atoms with Gasteiger partial charge in [0.1, 0.15) is 0 Å². The molecule has 0 aromatic heterocycles. The molecule has 0 unspecified atom stereocenters. The molecule has 0 bridgehead atoms. The number of hydrogen-bond acceptors (Lipinski definition) is 3. The van der Waals surface area contributed by atoms with E-state index < -0.39 is 0 Å². The van der Waals surface area contributed by atoms with Crippen LogP contribution in [0.25, 0.3) is 0 Å². The molecule has 0 atom stereocenters. The van der Waals surface area contributed by atoms with Crippen LogP contribution in [0.5, 0.6) is 0 Å². The molecule has 0 amide bonds. The normalized spacial score (nSPS) is 23.7. The van der Waals surface area contributed by atoms with E-state index in [0.717, 1.165) is 18.5 Å². The molecule has 1 aromatic carbocycles. The van der Waals surface area contributed by atoms with E-state index in [0.29, 0.717) is 0 Å². The summed E-state index contributed by atoms with van der Waals surface area (Å²) in [5.74, 6) is 0. The fraction of sp³-hybridized carbons (Fsp3) is 0.600. The second kappa shape index (κ2) is 4.00. The smallest absolute Gasteiger partial charge is 0.399 e. The van der Waals surface area contributed by atoms with Crippen LogP contribution in [-0.2, 0) is 22.2 Å². The first kappa shape index (κ1) is 13.0. The molecule has 2 N–H and O–H groups in total. The molecule has 3 nitrogen and oxygen atoms in total. The number of benzene rings is 1. The van der Waals surface area contributed by atoms with E-state index in [-0.39, 0.29) is 18.3 Å². The first-order valence-corrected chi connectivity index (χ1v) is 7.07. The van der Waals surface area contributed by atoms with Gasteiger partial charge in [-0.15, -0.1) is 0 Å². The summed E-state index contributed by atoms with van der Waals surface area (Å²) in [7, 11) is -0.266. The van der Waals surface area contributed by atoms with Crippen LogP contribution in [0.1, 0.15) is 45.2 Å². The zero-order valence-electron chi connectivity index (χ0n) is 12.2. The van der Waals surface area contributed by atoms with Gasteiger partial charge in [0.25, 0.3) is 0 Å². The average Bonchev–Trinajstić information content (AvgIpc) is 2.84. The third kappa shape index (κ3) is 1.89. The molecule has 1 aromatic rings. The molecule has 1 fully saturated rings. The SMILES string of the molecule is CC1(C)OB(c2ccc(N)c3c2CCC3)OC1(C)C. The fourth-order valence-corrected chi connectivity index (χ4v) is 2.95. The lowest BCUT2D eigenvalue weighted by Crippen LogP contribution is -2.41. The third-order valence-corrected chi connectivity index (χ3v) is 4.86. The number of nitrogens with two attached hydrogens (primary N) is 1. The van der Waals surface area contributed by atoms with Gasteiger partial charge in [-0.25, -0.2) is 0 Å². The Kier molecular flexibility index (Phi) is 2.74. The van der Waals surface area contributed by atoms with Crippen molar-refractivity contribution in [3.63, 3.8) is 0 Å². The van der Waals surface area contributed by atoms with Crippen LogP contribution in [0.2, 0.25) is 0 Å². The van der Waals surface area contributed by atoms with Crippen LogP contribution in [-0.4, -0.2) is 18.3 Å². The zero-order chi connectivity index (χ0) is 13.8. The predicted octanol–water partition coefficient (Wildman–Crippen LogP) is 2.06. The molecule has 1 aliphatic heterocycles. The third-order valence-electron chi connectivity index (χ3n) is 4.86. The van der Waals surface area contributed by atoms with Gasteiger partial charge >= 0.3 is 7.12 Å². The number of rotatable bonds is 1. The molecule has 19 heavy (non-hydrogen) atoms. The number of fused-ring (bicyclic) bond motifs is 1. The van der Waals surface area contributed by atoms with Gasteiger partial charge in [0.2, 0.25) is 0 Å². The van der Waals surface area contributed by atoms with Crippen molar-refractivity contribution in [2.45, 2.75) is 58.2 Å². The molecular formula is C15H22BNO2. The topological polar surface area (TPSA) is 44.5 Å². The molecule has 0 saturated carbocycles. The highest BCUT2D eigenvalue weighted by atomic mass is 16.7. The molecule has 4 heteroatoms. The molecule has 3 rings (SSSR count). The lowest BCUT2D eigenvalue weighted by molar-refractivity contribution is 0.00578. The van der Waals surface area contributed by atoms with Crippen molar-refractivity contribution in [2.24, 2.45) is 0 Å². The summed E-state index contributed by atoms with van der Waals surface area (Å²) in [5.41, 5.74) is 10.2. The van der Waals surface area contributed by atoms with E-state index in [4.69, 9.17) is 15.0 Å². The second-order valence-electron chi connectivity index (χ2n) is 6.64. The molecule has 102 valence electrons. The summed E-state index contributed by atoms with van der Waals surface area (Å²) >= 11 is 0. The molecular weight excluding hydrogens is 237 g/mol. The highest BCUT2D eigenvalue weighted by molar-refractivity contribution is 6.62. The van der Waals surface area contributed by atoms with Crippen LogP contribution in [0, 0.1) is 0 Å². The Morgan fingerprint density at radius 1 is 1.00 bits per heavy atom. The highest BCUT2D eigenvalue weighted by Gasteiger charge is 2.52. The van der Waals surface area contributed by atoms with E-state index in [1.54, 1.807) is 0 Å². The standard InChI is InChI=1S/C15H22BNO2/c1-14(2)15(3,4)19-16(18-14)12-8-9-13(17)11-7-5-6-10(11)12/h8-9H,5-7,17H2,1-4H3. The van der Waals surface area contributed by atoms with Crippen LogP contribution >= 0.6 is 0 Å². The van der Waals surface area contributed by atoms with Crippen LogP contribution in [0.15, 0.2) is 12.1 Å². The first-order valence-electron chi connectivity index (χ1n) is 7.07. The Morgan fingerprint density at radius 2 is 1.58 bits per heavy atom. The van der Waals surface area contributed by atoms with Gasteiger partial charge in [0, 0.05) is 5.69 Å². The van der Waals surface area contributed by atoms with Gasteiger partial charge < -0.3 is 15.0 Å². The van der Waals surface area contributed by atoms with Gasteiger partial charge in [-0.3, -0.25) is 0 Å². The largest absolute Gasteiger partial charge is 0.495 e. The van der Waals surface area contributed by atoms with Crippen molar-refractivity contribution < 1.29 is 9.31 Å². The molecule has 2 aliphatic rings. The van der Waals surface area contributed by atoms with Crippen molar-refractivity contribution in [3.05, 3.63) is 23.3 Å². The Balaban J connectivity index is 2.00. The monoisotopic (exact) mass is 259 g/mol. The summed E-state index contributed by atoms with van der Waals surface area (Å²) in [6, 6.07) is 4.06. The predicted molar refractivity (Wildman–Crippen MR) is 78.6 cm³/mol. The zero-order valence-corrected chi connectivity index (χ0v) is 12.2.